The van der Waals surface area contributed by atoms with Gasteiger partial charge in [0.05, 0.1) is 0 Å². The predicted molar refractivity (Wildman–Crippen MR) is 57.3 cm³/mol. The molecule has 1 aliphatic heterocycles. The highest BCUT2D eigenvalue weighted by atomic mass is 16.2. The van der Waals surface area contributed by atoms with E-state index < -0.39 is 0 Å². The van der Waals surface area contributed by atoms with Crippen molar-refractivity contribution in [1.29, 1.82) is 0 Å². The average Bonchev–Trinajstić information content (AvgIpc) is 2.55. The Bertz CT molecular complexity index is 188. The molecule has 0 aromatic rings. The molecule has 0 radical (unpaired) electrons. The Hall–Kier alpha value is -0.770. The van der Waals surface area contributed by atoms with Crippen LogP contribution >= 0.6 is 0 Å². The maximum absolute atomic E-state index is 11.5. The van der Waals surface area contributed by atoms with Crippen LogP contribution in [0.3, 0.4) is 0 Å². The van der Waals surface area contributed by atoms with Crippen LogP contribution in [0.1, 0.15) is 26.7 Å². The van der Waals surface area contributed by atoms with E-state index in [0.29, 0.717) is 6.04 Å². The first-order valence-electron chi connectivity index (χ1n) is 5.34. The maximum atomic E-state index is 11.5. The summed E-state index contributed by atoms with van der Waals surface area (Å²) in [5, 5.41) is 6.25. The number of carbonyl (C=O) groups is 1. The molecule has 0 aromatic carbocycles. The van der Waals surface area contributed by atoms with Gasteiger partial charge in [0.1, 0.15) is 0 Å². The lowest BCUT2D eigenvalue weighted by Gasteiger charge is -2.22. The number of rotatable bonds is 3. The Morgan fingerprint density at radius 2 is 2.36 bits per heavy atom. The fraction of sp³-hybridized carbons (Fsp3) is 0.900. The molecule has 0 spiro atoms. The van der Waals surface area contributed by atoms with Gasteiger partial charge >= 0.3 is 6.03 Å². The Balaban J connectivity index is 2.25. The van der Waals surface area contributed by atoms with E-state index in [1.165, 1.54) is 12.8 Å². The van der Waals surface area contributed by atoms with E-state index in [1.807, 2.05) is 20.9 Å². The van der Waals surface area contributed by atoms with Crippen LogP contribution < -0.4 is 10.6 Å². The van der Waals surface area contributed by atoms with Gasteiger partial charge in [0.2, 0.25) is 0 Å². The molecule has 0 saturated carbocycles. The first kappa shape index (κ1) is 11.3. The predicted octanol–water partition coefficient (Wildman–Crippen LogP) is 0.788. The topological polar surface area (TPSA) is 44.4 Å². The molecule has 1 fully saturated rings. The largest absolute Gasteiger partial charge is 0.336 e. The molecule has 82 valence electrons. The van der Waals surface area contributed by atoms with Crippen LogP contribution in [0, 0.1) is 0 Å². The normalized spacial score (nSPS) is 21.3. The maximum Gasteiger partial charge on any atom is 0.317 e. The molecule has 1 rings (SSSR count). The molecule has 4 heteroatoms. The summed E-state index contributed by atoms with van der Waals surface area (Å²) in [7, 11) is 1.84. The van der Waals surface area contributed by atoms with Crippen LogP contribution in [-0.4, -0.2) is 43.2 Å². The number of urea groups is 1. The van der Waals surface area contributed by atoms with E-state index in [-0.39, 0.29) is 12.1 Å². The molecule has 1 aliphatic rings. The van der Waals surface area contributed by atoms with Gasteiger partial charge < -0.3 is 15.5 Å². The third kappa shape index (κ3) is 3.54. The number of likely N-dealkylation sites (N-methyl/N-ethyl adjacent to an activating group) is 1. The average molecular weight is 199 g/mol. The van der Waals surface area contributed by atoms with Gasteiger partial charge in [0.25, 0.3) is 0 Å². The summed E-state index contributed by atoms with van der Waals surface area (Å²) in [5.41, 5.74) is 0. The Morgan fingerprint density at radius 1 is 1.64 bits per heavy atom. The summed E-state index contributed by atoms with van der Waals surface area (Å²) in [6, 6.07) is 0.716. The Labute approximate surface area is 86.0 Å². The molecule has 0 bridgehead atoms. The fourth-order valence-electron chi connectivity index (χ4n) is 1.68. The van der Waals surface area contributed by atoms with E-state index in [0.717, 1.165) is 13.1 Å². The second-order valence-corrected chi connectivity index (χ2v) is 4.28. The summed E-state index contributed by atoms with van der Waals surface area (Å²) < 4.78 is 0. The molecule has 4 nitrogen and oxygen atoms in total. The monoisotopic (exact) mass is 199 g/mol. The molecular formula is C10H21N3O. The van der Waals surface area contributed by atoms with Crippen LogP contribution in [0.15, 0.2) is 0 Å². The van der Waals surface area contributed by atoms with Crippen LogP contribution in [0.4, 0.5) is 4.79 Å². The minimum Gasteiger partial charge on any atom is -0.336 e. The summed E-state index contributed by atoms with van der Waals surface area (Å²) in [4.78, 5) is 13.3. The lowest BCUT2D eigenvalue weighted by molar-refractivity contribution is 0.202. The molecule has 1 heterocycles. The van der Waals surface area contributed by atoms with E-state index in [1.54, 1.807) is 4.90 Å². The van der Waals surface area contributed by atoms with Crippen molar-refractivity contribution in [3.63, 3.8) is 0 Å². The zero-order valence-corrected chi connectivity index (χ0v) is 9.34. The molecular weight excluding hydrogens is 178 g/mol. The molecule has 2 N–H and O–H groups in total. The lowest BCUT2D eigenvalue weighted by Crippen LogP contribution is -2.45. The SMILES string of the molecule is CC(C)NC(=O)N(C)CC1CCCN1. The van der Waals surface area contributed by atoms with Crippen molar-refractivity contribution in [3.05, 3.63) is 0 Å². The van der Waals surface area contributed by atoms with Crippen LogP contribution in [0.5, 0.6) is 0 Å². The van der Waals surface area contributed by atoms with Gasteiger partial charge in [-0.15, -0.1) is 0 Å². The third-order valence-corrected chi connectivity index (χ3v) is 2.42. The highest BCUT2D eigenvalue weighted by Gasteiger charge is 2.18. The molecule has 1 atom stereocenters. The van der Waals surface area contributed by atoms with Crippen molar-refractivity contribution in [2.45, 2.75) is 38.8 Å². The van der Waals surface area contributed by atoms with E-state index >= 15 is 0 Å². The van der Waals surface area contributed by atoms with Gasteiger partial charge in [-0.25, -0.2) is 4.79 Å². The minimum absolute atomic E-state index is 0.0219. The summed E-state index contributed by atoms with van der Waals surface area (Å²) in [6.45, 7) is 5.84. The van der Waals surface area contributed by atoms with Gasteiger partial charge in [-0.3, -0.25) is 0 Å². The van der Waals surface area contributed by atoms with E-state index in [2.05, 4.69) is 10.6 Å². The van der Waals surface area contributed by atoms with Crippen molar-refractivity contribution < 1.29 is 4.79 Å². The van der Waals surface area contributed by atoms with Crippen molar-refractivity contribution >= 4 is 6.03 Å². The summed E-state index contributed by atoms with van der Waals surface area (Å²) in [5.74, 6) is 0. The number of amides is 2. The fourth-order valence-corrected chi connectivity index (χ4v) is 1.68. The van der Waals surface area contributed by atoms with Gasteiger partial charge in [0, 0.05) is 25.7 Å². The lowest BCUT2D eigenvalue weighted by atomic mass is 10.2. The standard InChI is InChI=1S/C10H21N3O/c1-8(2)12-10(14)13(3)7-9-5-4-6-11-9/h8-9,11H,4-7H2,1-3H3,(H,12,14). The van der Waals surface area contributed by atoms with Gasteiger partial charge in [-0.2, -0.15) is 0 Å². The smallest absolute Gasteiger partial charge is 0.317 e. The molecule has 1 saturated heterocycles. The molecule has 2 amide bonds. The first-order chi connectivity index (χ1) is 6.59. The number of nitrogens with zero attached hydrogens (tertiary/aromatic N) is 1. The van der Waals surface area contributed by atoms with Crippen LogP contribution in [0.25, 0.3) is 0 Å². The van der Waals surface area contributed by atoms with Crippen molar-refractivity contribution in [2.75, 3.05) is 20.1 Å². The zero-order valence-electron chi connectivity index (χ0n) is 9.34. The second-order valence-electron chi connectivity index (χ2n) is 4.28. The molecule has 1 unspecified atom stereocenters. The number of nitrogens with one attached hydrogen (secondary N) is 2. The van der Waals surface area contributed by atoms with Gasteiger partial charge in [-0.1, -0.05) is 0 Å². The number of carbonyl (C=O) groups excluding carboxylic acids is 1. The Kier molecular flexibility index (Phi) is 4.20. The highest BCUT2D eigenvalue weighted by Crippen LogP contribution is 2.05. The van der Waals surface area contributed by atoms with Crippen LogP contribution in [0.2, 0.25) is 0 Å². The second kappa shape index (κ2) is 5.20. The summed E-state index contributed by atoms with van der Waals surface area (Å²) in [6.07, 6.45) is 2.41. The third-order valence-electron chi connectivity index (χ3n) is 2.42. The van der Waals surface area contributed by atoms with Crippen molar-refractivity contribution in [1.82, 2.24) is 15.5 Å². The number of hydrogen-bond donors (Lipinski definition) is 2. The Morgan fingerprint density at radius 3 is 2.86 bits per heavy atom. The summed E-state index contributed by atoms with van der Waals surface area (Å²) >= 11 is 0. The minimum atomic E-state index is 0.0219. The van der Waals surface area contributed by atoms with Crippen molar-refractivity contribution in [2.24, 2.45) is 0 Å². The van der Waals surface area contributed by atoms with E-state index in [4.69, 9.17) is 0 Å². The van der Waals surface area contributed by atoms with Gasteiger partial charge in [0.15, 0.2) is 0 Å². The molecule has 0 aliphatic carbocycles. The van der Waals surface area contributed by atoms with Crippen molar-refractivity contribution in [3.8, 4) is 0 Å². The van der Waals surface area contributed by atoms with Gasteiger partial charge in [-0.05, 0) is 33.2 Å². The van der Waals surface area contributed by atoms with E-state index in [9.17, 15) is 4.79 Å². The molecule has 14 heavy (non-hydrogen) atoms. The molecule has 0 aromatic heterocycles. The highest BCUT2D eigenvalue weighted by molar-refractivity contribution is 5.74. The first-order valence-corrected chi connectivity index (χ1v) is 5.34. The van der Waals surface area contributed by atoms with Crippen LogP contribution in [-0.2, 0) is 0 Å². The quantitative estimate of drug-likeness (QED) is 0.706. The zero-order chi connectivity index (χ0) is 10.6. The number of hydrogen-bond acceptors (Lipinski definition) is 2.